The van der Waals surface area contributed by atoms with Gasteiger partial charge in [0.1, 0.15) is 11.5 Å². The van der Waals surface area contributed by atoms with Crippen molar-refractivity contribution >= 4 is 29.0 Å². The van der Waals surface area contributed by atoms with Crippen molar-refractivity contribution in [2.45, 2.75) is 29.7 Å². The molecule has 0 amide bonds. The van der Waals surface area contributed by atoms with E-state index in [-0.39, 0.29) is 0 Å². The molecule has 4 aromatic rings. The fraction of sp³-hybridized carbons (Fsp3) is 0.211. The van der Waals surface area contributed by atoms with Gasteiger partial charge in [-0.3, -0.25) is 4.57 Å². The fourth-order valence-corrected chi connectivity index (χ4v) is 4.04. The molecule has 1 saturated carbocycles. The maximum Gasteiger partial charge on any atom is 0.196 e. The molecule has 1 aromatic carbocycles. The quantitative estimate of drug-likeness (QED) is 0.468. The van der Waals surface area contributed by atoms with Gasteiger partial charge < -0.3 is 4.40 Å². The Morgan fingerprint density at radius 3 is 2.69 bits per heavy atom. The minimum absolute atomic E-state index is 0.536. The summed E-state index contributed by atoms with van der Waals surface area (Å²) in [7, 11) is 0. The lowest BCUT2D eigenvalue weighted by atomic mass is 10.3. The molecule has 1 aliphatic carbocycles. The summed E-state index contributed by atoms with van der Waals surface area (Å²) in [6, 6.07) is 14.1. The van der Waals surface area contributed by atoms with Crippen LogP contribution in [0.25, 0.3) is 11.3 Å². The van der Waals surface area contributed by atoms with E-state index in [1.165, 1.54) is 12.8 Å². The van der Waals surface area contributed by atoms with E-state index in [1.807, 2.05) is 47.1 Å². The van der Waals surface area contributed by atoms with E-state index < -0.39 is 0 Å². The number of fused-ring (bicyclic) bond motifs is 1. The molecule has 1 aliphatic rings. The number of thioether (sulfide) groups is 1. The van der Waals surface area contributed by atoms with Crippen LogP contribution in [-0.2, 0) is 5.75 Å². The Bertz CT molecular complexity index is 1070. The van der Waals surface area contributed by atoms with E-state index >= 15 is 0 Å². The zero-order valence-corrected chi connectivity index (χ0v) is 15.5. The summed E-state index contributed by atoms with van der Waals surface area (Å²) in [5.74, 6) is 2.34. The molecule has 3 heterocycles. The van der Waals surface area contributed by atoms with Crippen molar-refractivity contribution < 1.29 is 0 Å². The third-order valence-electron chi connectivity index (χ3n) is 4.43. The van der Waals surface area contributed by atoms with Gasteiger partial charge in [-0.2, -0.15) is 0 Å². The molecular formula is C19H16ClN5S. The highest BCUT2D eigenvalue weighted by Gasteiger charge is 2.31. The van der Waals surface area contributed by atoms with Crippen LogP contribution in [0.1, 0.15) is 30.3 Å². The molecule has 1 fully saturated rings. The molecule has 3 aromatic heterocycles. The molecule has 130 valence electrons. The molecular weight excluding hydrogens is 366 g/mol. The first-order valence-corrected chi connectivity index (χ1v) is 9.91. The first-order chi connectivity index (χ1) is 12.8. The van der Waals surface area contributed by atoms with Crippen molar-refractivity contribution in [1.82, 2.24) is 24.1 Å². The monoisotopic (exact) mass is 381 g/mol. The summed E-state index contributed by atoms with van der Waals surface area (Å²) in [6.07, 6.45) is 6.28. The van der Waals surface area contributed by atoms with Gasteiger partial charge in [-0.1, -0.05) is 41.6 Å². The first-order valence-electron chi connectivity index (χ1n) is 8.54. The van der Waals surface area contributed by atoms with Gasteiger partial charge in [0.05, 0.1) is 10.7 Å². The van der Waals surface area contributed by atoms with Gasteiger partial charge in [0.2, 0.25) is 0 Å². The number of nitrogens with zero attached hydrogens (tertiary/aromatic N) is 5. The van der Waals surface area contributed by atoms with Crippen molar-refractivity contribution in [2.75, 3.05) is 0 Å². The number of para-hydroxylation sites is 1. The van der Waals surface area contributed by atoms with Crippen LogP contribution < -0.4 is 0 Å². The lowest BCUT2D eigenvalue weighted by molar-refractivity contribution is 0.829. The van der Waals surface area contributed by atoms with Crippen LogP contribution in [0, 0.1) is 0 Å². The molecule has 0 spiro atoms. The molecule has 0 unspecified atom stereocenters. The summed E-state index contributed by atoms with van der Waals surface area (Å²) in [5.41, 5.74) is 3.00. The Morgan fingerprint density at radius 1 is 1.04 bits per heavy atom. The molecule has 26 heavy (non-hydrogen) atoms. The van der Waals surface area contributed by atoms with E-state index in [0.717, 1.165) is 33.8 Å². The number of hydrogen-bond acceptors (Lipinski definition) is 4. The average Bonchev–Trinajstić information content (AvgIpc) is 3.29. The number of imidazole rings is 1. The van der Waals surface area contributed by atoms with E-state index in [4.69, 9.17) is 11.6 Å². The van der Waals surface area contributed by atoms with Crippen LogP contribution in [0.3, 0.4) is 0 Å². The molecule has 5 rings (SSSR count). The smallest absolute Gasteiger partial charge is 0.196 e. The zero-order chi connectivity index (χ0) is 17.5. The zero-order valence-electron chi connectivity index (χ0n) is 13.9. The highest BCUT2D eigenvalue weighted by atomic mass is 35.5. The average molecular weight is 382 g/mol. The third-order valence-corrected chi connectivity index (χ3v) is 5.62. The number of pyridine rings is 1. The predicted molar refractivity (Wildman–Crippen MR) is 103 cm³/mol. The molecule has 0 radical (unpaired) electrons. The van der Waals surface area contributed by atoms with Crippen LogP contribution in [0.2, 0.25) is 5.02 Å². The minimum Gasteiger partial charge on any atom is -0.305 e. The van der Waals surface area contributed by atoms with Gasteiger partial charge in [0, 0.05) is 29.8 Å². The van der Waals surface area contributed by atoms with Gasteiger partial charge in [-0.25, -0.2) is 4.98 Å². The fourth-order valence-electron chi connectivity index (χ4n) is 3.03. The molecule has 0 N–H and O–H groups in total. The summed E-state index contributed by atoms with van der Waals surface area (Å²) in [5, 5.41) is 10.5. The van der Waals surface area contributed by atoms with Gasteiger partial charge >= 0.3 is 0 Å². The Labute approximate surface area is 160 Å². The maximum atomic E-state index is 6.05. The lowest BCUT2D eigenvalue weighted by Gasteiger charge is -2.09. The number of halogens is 1. The number of benzene rings is 1. The Hall–Kier alpha value is -2.31. The topological polar surface area (TPSA) is 48.0 Å². The third kappa shape index (κ3) is 2.99. The second-order valence-corrected chi connectivity index (χ2v) is 7.80. The van der Waals surface area contributed by atoms with Crippen molar-refractivity contribution in [2.24, 2.45) is 0 Å². The highest BCUT2D eigenvalue weighted by molar-refractivity contribution is 7.98. The Balaban J connectivity index is 1.44. The molecule has 7 heteroatoms. The standard InChI is InChI=1S/C19H16ClN5S/c20-14-8-9-17-21-15(11-24(17)10-14)12-26-19-23-22-18(13-6-7-13)25(19)16-4-2-1-3-5-16/h1-5,8-11,13H,6-7,12H2. The summed E-state index contributed by atoms with van der Waals surface area (Å²) in [4.78, 5) is 4.65. The normalized spacial score (nSPS) is 14.2. The van der Waals surface area contributed by atoms with Crippen LogP contribution in [0.4, 0.5) is 0 Å². The minimum atomic E-state index is 0.536. The lowest BCUT2D eigenvalue weighted by Crippen LogP contribution is -2.01. The van der Waals surface area contributed by atoms with Crippen molar-refractivity contribution in [3.05, 3.63) is 71.4 Å². The van der Waals surface area contributed by atoms with Gasteiger partial charge in [-0.05, 0) is 37.1 Å². The van der Waals surface area contributed by atoms with Crippen molar-refractivity contribution in [3.8, 4) is 5.69 Å². The summed E-state index contributed by atoms with van der Waals surface area (Å²) < 4.78 is 4.14. The summed E-state index contributed by atoms with van der Waals surface area (Å²) >= 11 is 7.71. The molecule has 0 atom stereocenters. The second kappa shape index (κ2) is 6.45. The molecule has 0 saturated heterocycles. The first kappa shape index (κ1) is 15.9. The van der Waals surface area contributed by atoms with Gasteiger partial charge in [-0.15, -0.1) is 10.2 Å². The Morgan fingerprint density at radius 2 is 1.88 bits per heavy atom. The van der Waals surface area contributed by atoms with E-state index in [1.54, 1.807) is 11.8 Å². The molecule has 5 nitrogen and oxygen atoms in total. The number of hydrogen-bond donors (Lipinski definition) is 0. The van der Waals surface area contributed by atoms with Crippen molar-refractivity contribution in [1.29, 1.82) is 0 Å². The predicted octanol–water partition coefficient (Wildman–Crippen LogP) is 4.74. The SMILES string of the molecule is Clc1ccc2nc(CSc3nnc(C4CC4)n3-c3ccccc3)cn2c1. The van der Waals surface area contributed by atoms with Crippen LogP contribution >= 0.6 is 23.4 Å². The van der Waals surface area contributed by atoms with Gasteiger partial charge in [0.15, 0.2) is 5.16 Å². The largest absolute Gasteiger partial charge is 0.305 e. The maximum absolute atomic E-state index is 6.05. The van der Waals surface area contributed by atoms with Crippen LogP contribution in [-0.4, -0.2) is 24.1 Å². The van der Waals surface area contributed by atoms with Crippen molar-refractivity contribution in [3.63, 3.8) is 0 Å². The van der Waals surface area contributed by atoms with E-state index in [9.17, 15) is 0 Å². The van der Waals surface area contributed by atoms with Crippen LogP contribution in [0.15, 0.2) is 60.0 Å². The van der Waals surface area contributed by atoms with E-state index in [0.29, 0.717) is 10.9 Å². The second-order valence-electron chi connectivity index (χ2n) is 6.42. The Kier molecular flexibility index (Phi) is 3.94. The number of aromatic nitrogens is 5. The summed E-state index contributed by atoms with van der Waals surface area (Å²) in [6.45, 7) is 0. The molecule has 0 aliphatic heterocycles. The highest BCUT2D eigenvalue weighted by Crippen LogP contribution is 2.41. The number of rotatable bonds is 5. The van der Waals surface area contributed by atoms with Crippen LogP contribution in [0.5, 0.6) is 0 Å². The molecule has 0 bridgehead atoms. The van der Waals surface area contributed by atoms with Gasteiger partial charge in [0.25, 0.3) is 0 Å². The van der Waals surface area contributed by atoms with E-state index in [2.05, 4.69) is 31.9 Å².